The predicted molar refractivity (Wildman–Crippen MR) is 89.6 cm³/mol. The van der Waals surface area contributed by atoms with Crippen molar-refractivity contribution < 1.29 is 0 Å². The van der Waals surface area contributed by atoms with Crippen LogP contribution in [0, 0.1) is 0 Å². The lowest BCUT2D eigenvalue weighted by molar-refractivity contribution is 0.757. The Bertz CT molecular complexity index is 720. The predicted octanol–water partition coefficient (Wildman–Crippen LogP) is 3.69. The molecule has 3 rings (SSSR count). The molecule has 108 valence electrons. The van der Waals surface area contributed by atoms with E-state index in [4.69, 9.17) is 5.73 Å². The Morgan fingerprint density at radius 2 is 1.95 bits per heavy atom. The standard InChI is InChI=1S/C16H18N4S/c1-2-8-20(10-12-3-5-13(17)6-4-12)15-14-7-9-21-16(14)19-11-18-15/h3-7,9,11H,2,8,10,17H2,1H3. The molecule has 2 heterocycles. The molecule has 0 bridgehead atoms. The zero-order chi connectivity index (χ0) is 14.7. The van der Waals surface area contributed by atoms with Gasteiger partial charge >= 0.3 is 0 Å². The number of rotatable bonds is 5. The molecule has 0 fully saturated rings. The minimum atomic E-state index is 0.794. The summed E-state index contributed by atoms with van der Waals surface area (Å²) >= 11 is 1.65. The molecule has 0 amide bonds. The summed E-state index contributed by atoms with van der Waals surface area (Å²) < 4.78 is 0. The first-order valence-electron chi connectivity index (χ1n) is 7.05. The fraction of sp³-hybridized carbons (Fsp3) is 0.250. The first-order chi connectivity index (χ1) is 10.3. The summed E-state index contributed by atoms with van der Waals surface area (Å²) in [5.41, 5.74) is 7.79. The fourth-order valence-electron chi connectivity index (χ4n) is 2.40. The molecular formula is C16H18N4S. The van der Waals surface area contributed by atoms with Gasteiger partial charge in [-0.05, 0) is 35.6 Å². The minimum absolute atomic E-state index is 0.794. The highest BCUT2D eigenvalue weighted by atomic mass is 32.1. The summed E-state index contributed by atoms with van der Waals surface area (Å²) in [6, 6.07) is 10.1. The van der Waals surface area contributed by atoms with Gasteiger partial charge in [0.2, 0.25) is 0 Å². The number of nitrogens with zero attached hydrogens (tertiary/aromatic N) is 3. The van der Waals surface area contributed by atoms with Crippen LogP contribution >= 0.6 is 11.3 Å². The molecule has 0 atom stereocenters. The molecule has 2 N–H and O–H groups in total. The number of nitrogens with two attached hydrogens (primary N) is 1. The summed E-state index contributed by atoms with van der Waals surface area (Å²) in [7, 11) is 0. The van der Waals surface area contributed by atoms with Crippen molar-refractivity contribution >= 4 is 33.1 Å². The normalized spacial score (nSPS) is 10.9. The molecule has 0 aliphatic rings. The zero-order valence-corrected chi connectivity index (χ0v) is 12.8. The molecule has 5 heteroatoms. The van der Waals surface area contributed by atoms with Gasteiger partial charge in [-0.1, -0.05) is 19.1 Å². The van der Waals surface area contributed by atoms with Crippen molar-refractivity contribution in [3.63, 3.8) is 0 Å². The maximum atomic E-state index is 5.75. The quantitative estimate of drug-likeness (QED) is 0.730. The third-order valence-corrected chi connectivity index (χ3v) is 4.21. The van der Waals surface area contributed by atoms with Crippen LogP contribution in [-0.2, 0) is 6.54 Å². The molecule has 0 spiro atoms. The smallest absolute Gasteiger partial charge is 0.141 e. The molecule has 0 saturated heterocycles. The summed E-state index contributed by atoms with van der Waals surface area (Å²) in [5.74, 6) is 1.01. The van der Waals surface area contributed by atoms with Gasteiger partial charge in [0, 0.05) is 18.8 Å². The van der Waals surface area contributed by atoms with Crippen LogP contribution < -0.4 is 10.6 Å². The molecule has 2 aromatic heterocycles. The monoisotopic (exact) mass is 298 g/mol. The van der Waals surface area contributed by atoms with Crippen molar-refractivity contribution in [1.82, 2.24) is 9.97 Å². The van der Waals surface area contributed by atoms with Gasteiger partial charge in [0.05, 0.1) is 5.39 Å². The van der Waals surface area contributed by atoms with Gasteiger partial charge < -0.3 is 10.6 Å². The minimum Gasteiger partial charge on any atom is -0.399 e. The highest BCUT2D eigenvalue weighted by Gasteiger charge is 2.13. The number of anilines is 2. The second kappa shape index (κ2) is 6.10. The van der Waals surface area contributed by atoms with Crippen LogP contribution in [0.25, 0.3) is 10.2 Å². The Morgan fingerprint density at radius 3 is 2.71 bits per heavy atom. The van der Waals surface area contributed by atoms with Gasteiger partial charge in [-0.25, -0.2) is 9.97 Å². The summed E-state index contributed by atoms with van der Waals surface area (Å²) in [5, 5.41) is 3.20. The Kier molecular flexibility index (Phi) is 4.01. The van der Waals surface area contributed by atoms with Crippen LogP contribution in [0.2, 0.25) is 0 Å². The molecule has 3 aromatic rings. The Hall–Kier alpha value is -2.14. The van der Waals surface area contributed by atoms with Gasteiger partial charge in [0.1, 0.15) is 17.0 Å². The van der Waals surface area contributed by atoms with E-state index in [0.29, 0.717) is 0 Å². The number of fused-ring (bicyclic) bond motifs is 1. The zero-order valence-electron chi connectivity index (χ0n) is 12.0. The van der Waals surface area contributed by atoms with E-state index in [9.17, 15) is 0 Å². The van der Waals surface area contributed by atoms with Crippen molar-refractivity contribution in [2.75, 3.05) is 17.2 Å². The second-order valence-electron chi connectivity index (χ2n) is 5.00. The Morgan fingerprint density at radius 1 is 1.14 bits per heavy atom. The van der Waals surface area contributed by atoms with Gasteiger partial charge in [-0.3, -0.25) is 0 Å². The Balaban J connectivity index is 1.93. The molecule has 0 aliphatic heterocycles. The lowest BCUT2D eigenvalue weighted by Gasteiger charge is -2.24. The number of hydrogen-bond acceptors (Lipinski definition) is 5. The van der Waals surface area contributed by atoms with Crippen LogP contribution in [0.5, 0.6) is 0 Å². The average molecular weight is 298 g/mol. The first-order valence-corrected chi connectivity index (χ1v) is 7.93. The van der Waals surface area contributed by atoms with E-state index in [1.165, 1.54) is 5.56 Å². The maximum absolute atomic E-state index is 5.75. The molecule has 1 aromatic carbocycles. The molecule has 0 radical (unpaired) electrons. The number of benzene rings is 1. The molecule has 0 unspecified atom stereocenters. The third-order valence-electron chi connectivity index (χ3n) is 3.39. The van der Waals surface area contributed by atoms with Crippen LogP contribution in [0.1, 0.15) is 18.9 Å². The SMILES string of the molecule is CCCN(Cc1ccc(N)cc1)c1ncnc2sccc12. The van der Waals surface area contributed by atoms with E-state index < -0.39 is 0 Å². The largest absolute Gasteiger partial charge is 0.399 e. The Labute approximate surface area is 128 Å². The van der Waals surface area contributed by atoms with Crippen molar-refractivity contribution in [2.24, 2.45) is 0 Å². The number of hydrogen-bond donors (Lipinski definition) is 1. The molecular weight excluding hydrogens is 280 g/mol. The van der Waals surface area contributed by atoms with E-state index in [0.717, 1.165) is 41.2 Å². The molecule has 21 heavy (non-hydrogen) atoms. The van der Waals surface area contributed by atoms with Gasteiger partial charge in [-0.2, -0.15) is 0 Å². The van der Waals surface area contributed by atoms with E-state index in [1.807, 2.05) is 12.1 Å². The fourth-order valence-corrected chi connectivity index (χ4v) is 3.13. The van der Waals surface area contributed by atoms with E-state index >= 15 is 0 Å². The second-order valence-corrected chi connectivity index (χ2v) is 5.89. The van der Waals surface area contributed by atoms with Crippen molar-refractivity contribution in [3.8, 4) is 0 Å². The molecule has 0 aliphatic carbocycles. The van der Waals surface area contributed by atoms with Crippen molar-refractivity contribution in [1.29, 1.82) is 0 Å². The lowest BCUT2D eigenvalue weighted by atomic mass is 10.2. The lowest BCUT2D eigenvalue weighted by Crippen LogP contribution is -2.24. The topological polar surface area (TPSA) is 55.0 Å². The van der Waals surface area contributed by atoms with Crippen LogP contribution in [-0.4, -0.2) is 16.5 Å². The molecule has 4 nitrogen and oxygen atoms in total. The van der Waals surface area contributed by atoms with Crippen LogP contribution in [0.3, 0.4) is 0 Å². The van der Waals surface area contributed by atoms with Crippen LogP contribution in [0.15, 0.2) is 42.0 Å². The van der Waals surface area contributed by atoms with Gasteiger partial charge in [0.15, 0.2) is 0 Å². The molecule has 0 saturated carbocycles. The van der Waals surface area contributed by atoms with Gasteiger partial charge in [-0.15, -0.1) is 11.3 Å². The summed E-state index contributed by atoms with van der Waals surface area (Å²) in [4.78, 5) is 12.2. The number of thiophene rings is 1. The van der Waals surface area contributed by atoms with E-state index in [1.54, 1.807) is 17.7 Å². The summed E-state index contributed by atoms with van der Waals surface area (Å²) in [6.45, 7) is 3.98. The summed E-state index contributed by atoms with van der Waals surface area (Å²) in [6.07, 6.45) is 2.73. The van der Waals surface area contributed by atoms with E-state index in [2.05, 4.69) is 45.4 Å². The van der Waals surface area contributed by atoms with Crippen LogP contribution in [0.4, 0.5) is 11.5 Å². The third kappa shape index (κ3) is 2.97. The first kappa shape index (κ1) is 13.8. The van der Waals surface area contributed by atoms with Gasteiger partial charge in [0.25, 0.3) is 0 Å². The number of nitrogen functional groups attached to an aromatic ring is 1. The average Bonchev–Trinajstić information content (AvgIpc) is 2.97. The number of aromatic nitrogens is 2. The van der Waals surface area contributed by atoms with E-state index in [-0.39, 0.29) is 0 Å². The maximum Gasteiger partial charge on any atom is 0.141 e. The highest BCUT2D eigenvalue weighted by Crippen LogP contribution is 2.28. The highest BCUT2D eigenvalue weighted by molar-refractivity contribution is 7.16. The van der Waals surface area contributed by atoms with Crippen molar-refractivity contribution in [2.45, 2.75) is 19.9 Å². The van der Waals surface area contributed by atoms with Crippen molar-refractivity contribution in [3.05, 3.63) is 47.6 Å².